The summed E-state index contributed by atoms with van der Waals surface area (Å²) >= 11 is 1.77. The molecule has 1 amide bonds. The van der Waals surface area contributed by atoms with Gasteiger partial charge in [-0.3, -0.25) is 14.5 Å². The van der Waals surface area contributed by atoms with Gasteiger partial charge in [0.15, 0.2) is 0 Å². The largest absolute Gasteiger partial charge is 0.480 e. The summed E-state index contributed by atoms with van der Waals surface area (Å²) in [5, 5.41) is 12.8. The van der Waals surface area contributed by atoms with Crippen LogP contribution in [0.4, 0.5) is 0 Å². The average molecular weight is 593 g/mol. The summed E-state index contributed by atoms with van der Waals surface area (Å²) in [6, 6.07) is 30.8. The molecule has 0 spiro atoms. The fraction of sp³-hybridized carbons (Fsp3) is 0.412. The van der Waals surface area contributed by atoms with Crippen molar-refractivity contribution in [2.45, 2.75) is 36.5 Å². The quantitative estimate of drug-likeness (QED) is 0.134. The van der Waals surface area contributed by atoms with Crippen molar-refractivity contribution < 1.29 is 24.2 Å². The van der Waals surface area contributed by atoms with Crippen LogP contribution in [0.15, 0.2) is 91.0 Å². The molecule has 42 heavy (non-hydrogen) atoms. The van der Waals surface area contributed by atoms with Crippen LogP contribution in [0.5, 0.6) is 0 Å². The van der Waals surface area contributed by atoms with Crippen molar-refractivity contribution in [1.82, 2.24) is 10.2 Å². The van der Waals surface area contributed by atoms with E-state index in [2.05, 4.69) is 78.1 Å². The van der Waals surface area contributed by atoms with E-state index in [1.165, 1.54) is 16.7 Å². The molecule has 0 saturated carbocycles. The zero-order valence-electron chi connectivity index (χ0n) is 24.7. The Morgan fingerprint density at radius 1 is 0.810 bits per heavy atom. The smallest absolute Gasteiger partial charge is 0.320 e. The Balaban J connectivity index is 1.57. The third-order valence-electron chi connectivity index (χ3n) is 7.31. The van der Waals surface area contributed by atoms with Crippen LogP contribution in [0.1, 0.15) is 42.4 Å². The van der Waals surface area contributed by atoms with Crippen LogP contribution in [0, 0.1) is 0 Å². The molecule has 0 fully saturated rings. The van der Waals surface area contributed by atoms with E-state index >= 15 is 0 Å². The van der Waals surface area contributed by atoms with Crippen LogP contribution in [0.3, 0.4) is 0 Å². The highest BCUT2D eigenvalue weighted by Gasteiger charge is 2.36. The van der Waals surface area contributed by atoms with Crippen molar-refractivity contribution >= 4 is 23.6 Å². The van der Waals surface area contributed by atoms with Crippen molar-refractivity contribution in [2.24, 2.45) is 0 Å². The Labute approximate surface area is 254 Å². The molecular formula is C34H44N2O5S. The number of methoxy groups -OCH3 is 2. The third kappa shape index (κ3) is 9.70. The minimum atomic E-state index is -0.845. The zero-order chi connectivity index (χ0) is 30.0. The number of carbonyl (C=O) groups excluding carboxylic acids is 1. The van der Waals surface area contributed by atoms with E-state index in [0.717, 1.165) is 0 Å². The van der Waals surface area contributed by atoms with Crippen LogP contribution in [0.25, 0.3) is 0 Å². The molecule has 3 aromatic carbocycles. The first kappa shape index (κ1) is 33.3. The van der Waals surface area contributed by atoms with Crippen molar-refractivity contribution in [1.29, 1.82) is 0 Å². The number of amides is 1. The standard InChI is InChI=1S/C34H44N2O5S/c1-40-25-23-36(24-26-41-2)31(33(38)39)20-12-13-22-35-32(37)21-27-42-34(28-14-6-3-7-15-28,29-16-8-4-9-17-29)30-18-10-5-11-19-30/h3-11,14-19,31H,12-13,20-27H2,1-2H3,(H,35,37)(H,38,39)/t31-/m0/s1. The van der Waals surface area contributed by atoms with Crippen LogP contribution >= 0.6 is 11.8 Å². The summed E-state index contributed by atoms with van der Waals surface area (Å²) in [6.45, 7) is 2.50. The van der Waals surface area contributed by atoms with Gasteiger partial charge in [0.1, 0.15) is 6.04 Å². The van der Waals surface area contributed by atoms with E-state index in [-0.39, 0.29) is 5.91 Å². The number of nitrogens with zero attached hydrogens (tertiary/aromatic N) is 1. The highest BCUT2D eigenvalue weighted by Crippen LogP contribution is 2.48. The number of carbonyl (C=O) groups is 2. The van der Waals surface area contributed by atoms with Gasteiger partial charge in [0, 0.05) is 46.0 Å². The number of carboxylic acid groups (broad SMARTS) is 1. The molecule has 0 heterocycles. The van der Waals surface area contributed by atoms with E-state index in [4.69, 9.17) is 9.47 Å². The molecule has 3 rings (SSSR count). The first-order valence-corrected chi connectivity index (χ1v) is 15.5. The molecule has 7 nitrogen and oxygen atoms in total. The highest BCUT2D eigenvalue weighted by molar-refractivity contribution is 8.00. The lowest BCUT2D eigenvalue weighted by molar-refractivity contribution is -0.144. The number of carboxylic acids is 1. The van der Waals surface area contributed by atoms with Crippen molar-refractivity contribution in [2.75, 3.05) is 52.8 Å². The number of nitrogens with one attached hydrogen (secondary N) is 1. The Hall–Kier alpha value is -3.17. The molecule has 226 valence electrons. The first-order valence-electron chi connectivity index (χ1n) is 14.5. The molecule has 0 aromatic heterocycles. The number of benzene rings is 3. The lowest BCUT2D eigenvalue weighted by atomic mass is 9.84. The average Bonchev–Trinajstić information content (AvgIpc) is 3.03. The second-order valence-electron chi connectivity index (χ2n) is 10.1. The Morgan fingerprint density at radius 3 is 1.71 bits per heavy atom. The van der Waals surface area contributed by atoms with Crippen molar-refractivity contribution in [3.8, 4) is 0 Å². The second kappa shape index (κ2) is 18.4. The number of ether oxygens (including phenoxy) is 2. The van der Waals surface area contributed by atoms with E-state index in [9.17, 15) is 14.7 Å². The predicted molar refractivity (Wildman–Crippen MR) is 170 cm³/mol. The maximum Gasteiger partial charge on any atom is 0.320 e. The third-order valence-corrected chi connectivity index (χ3v) is 8.85. The van der Waals surface area contributed by atoms with Gasteiger partial charge >= 0.3 is 5.97 Å². The molecule has 0 saturated heterocycles. The normalized spacial score (nSPS) is 12.3. The van der Waals surface area contributed by atoms with Gasteiger partial charge < -0.3 is 19.9 Å². The van der Waals surface area contributed by atoms with E-state index in [0.29, 0.717) is 64.3 Å². The van der Waals surface area contributed by atoms with Gasteiger partial charge in [0.25, 0.3) is 0 Å². The Morgan fingerprint density at radius 2 is 1.29 bits per heavy atom. The first-order chi connectivity index (χ1) is 20.5. The van der Waals surface area contributed by atoms with Crippen molar-refractivity contribution in [3.63, 3.8) is 0 Å². The highest BCUT2D eigenvalue weighted by atomic mass is 32.2. The summed E-state index contributed by atoms with van der Waals surface area (Å²) in [5.74, 6) is -0.205. The second-order valence-corrected chi connectivity index (χ2v) is 11.4. The van der Waals surface area contributed by atoms with Crippen LogP contribution in [-0.4, -0.2) is 80.7 Å². The molecule has 2 N–H and O–H groups in total. The zero-order valence-corrected chi connectivity index (χ0v) is 25.6. The van der Waals surface area contributed by atoms with Crippen LogP contribution < -0.4 is 5.32 Å². The van der Waals surface area contributed by atoms with E-state index in [1.807, 2.05) is 23.1 Å². The van der Waals surface area contributed by atoms with E-state index < -0.39 is 16.8 Å². The number of rotatable bonds is 20. The maximum absolute atomic E-state index is 12.8. The fourth-order valence-electron chi connectivity index (χ4n) is 5.15. The summed E-state index contributed by atoms with van der Waals surface area (Å²) in [5.41, 5.74) is 3.52. The van der Waals surface area contributed by atoms with Gasteiger partial charge in [-0.2, -0.15) is 0 Å². The molecule has 0 radical (unpaired) electrons. The lowest BCUT2D eigenvalue weighted by Gasteiger charge is -2.35. The number of hydrogen-bond donors (Lipinski definition) is 2. The van der Waals surface area contributed by atoms with Gasteiger partial charge in [0.05, 0.1) is 18.0 Å². The molecule has 0 aliphatic heterocycles. The summed E-state index contributed by atoms with van der Waals surface area (Å²) in [6.07, 6.45) is 2.30. The lowest BCUT2D eigenvalue weighted by Crippen LogP contribution is -2.44. The number of hydrogen-bond acceptors (Lipinski definition) is 6. The van der Waals surface area contributed by atoms with Gasteiger partial charge in [-0.1, -0.05) is 91.0 Å². The van der Waals surface area contributed by atoms with Crippen LogP contribution in [0.2, 0.25) is 0 Å². The molecule has 8 heteroatoms. The van der Waals surface area contributed by atoms with Crippen LogP contribution in [-0.2, 0) is 23.8 Å². The van der Waals surface area contributed by atoms with Gasteiger partial charge in [-0.05, 0) is 36.0 Å². The molecule has 0 bridgehead atoms. The molecule has 1 atom stereocenters. The molecule has 3 aromatic rings. The van der Waals surface area contributed by atoms with E-state index in [1.54, 1.807) is 26.0 Å². The molecular weight excluding hydrogens is 548 g/mol. The van der Waals surface area contributed by atoms with Crippen molar-refractivity contribution in [3.05, 3.63) is 108 Å². The summed E-state index contributed by atoms with van der Waals surface area (Å²) in [4.78, 5) is 26.7. The minimum absolute atomic E-state index is 0.00202. The van der Waals surface area contributed by atoms with Gasteiger partial charge in [0.2, 0.25) is 5.91 Å². The Bertz CT molecular complexity index is 1080. The fourth-order valence-corrected chi connectivity index (χ4v) is 6.65. The predicted octanol–water partition coefficient (Wildman–Crippen LogP) is 5.44. The molecule has 0 aliphatic carbocycles. The van der Waals surface area contributed by atoms with Gasteiger partial charge in [-0.25, -0.2) is 0 Å². The minimum Gasteiger partial charge on any atom is -0.480 e. The maximum atomic E-state index is 12.8. The summed E-state index contributed by atoms with van der Waals surface area (Å²) < 4.78 is 9.86. The summed E-state index contributed by atoms with van der Waals surface area (Å²) in [7, 11) is 3.22. The Kier molecular flexibility index (Phi) is 14.6. The molecule has 0 aliphatic rings. The van der Waals surface area contributed by atoms with Gasteiger partial charge in [-0.15, -0.1) is 11.8 Å². The number of aliphatic carboxylic acids is 1. The monoisotopic (exact) mass is 592 g/mol. The SMILES string of the molecule is COCCN(CCOC)[C@@H](CCCCNC(=O)CCSC(c1ccccc1)(c1ccccc1)c1ccccc1)C(=O)O. The number of thioether (sulfide) groups is 1. The molecule has 0 unspecified atom stereocenters. The topological polar surface area (TPSA) is 88.1 Å². The number of unbranched alkanes of at least 4 members (excludes halogenated alkanes) is 1.